The molecule has 18 heavy (non-hydrogen) atoms. The Hall–Kier alpha value is -0.920. The molecule has 1 fully saturated rings. The van der Waals surface area contributed by atoms with Crippen molar-refractivity contribution in [1.29, 1.82) is 0 Å². The second-order valence-electron chi connectivity index (χ2n) is 4.61. The predicted molar refractivity (Wildman–Crippen MR) is 66.7 cm³/mol. The molecule has 1 atom stereocenters. The Kier molecular flexibility index (Phi) is 4.04. The van der Waals surface area contributed by atoms with Crippen LogP contribution in [0.1, 0.15) is 25.1 Å². The zero-order chi connectivity index (χ0) is 13.2. The highest BCUT2D eigenvalue weighted by molar-refractivity contribution is 7.89. The summed E-state index contributed by atoms with van der Waals surface area (Å²) in [4.78, 5) is 6.67. The number of imidazole rings is 1. The van der Waals surface area contributed by atoms with E-state index in [9.17, 15) is 8.42 Å². The van der Waals surface area contributed by atoms with E-state index in [1.807, 2.05) is 0 Å². The standard InChI is InChI=1S/C11H19N3O3S/c1-9-12-7-11(13-9)18(15,16)14(2)8-10-5-3-4-6-17-10/h7,10H,3-6,8H2,1-2H3,(H,12,13). The van der Waals surface area contributed by atoms with Gasteiger partial charge in [-0.15, -0.1) is 0 Å². The van der Waals surface area contributed by atoms with Crippen molar-refractivity contribution >= 4 is 10.0 Å². The Labute approximate surface area is 107 Å². The number of rotatable bonds is 4. The van der Waals surface area contributed by atoms with Gasteiger partial charge in [-0.1, -0.05) is 0 Å². The monoisotopic (exact) mass is 273 g/mol. The number of aromatic amines is 1. The van der Waals surface area contributed by atoms with E-state index in [0.29, 0.717) is 12.4 Å². The first-order chi connectivity index (χ1) is 8.50. The fraction of sp³-hybridized carbons (Fsp3) is 0.727. The lowest BCUT2D eigenvalue weighted by molar-refractivity contribution is 0.00856. The Balaban J connectivity index is 2.05. The van der Waals surface area contributed by atoms with Gasteiger partial charge in [-0.2, -0.15) is 4.31 Å². The first-order valence-corrected chi connectivity index (χ1v) is 7.53. The molecule has 0 bridgehead atoms. The zero-order valence-corrected chi connectivity index (χ0v) is 11.5. The SMILES string of the molecule is Cc1ncc(S(=O)(=O)N(C)CC2CCCCO2)[nH]1. The van der Waals surface area contributed by atoms with Crippen LogP contribution in [0.4, 0.5) is 0 Å². The highest BCUT2D eigenvalue weighted by Crippen LogP contribution is 2.17. The molecule has 1 N–H and O–H groups in total. The van der Waals surface area contributed by atoms with Crippen LogP contribution in [0.5, 0.6) is 0 Å². The molecule has 1 saturated heterocycles. The summed E-state index contributed by atoms with van der Waals surface area (Å²) in [6.07, 6.45) is 4.43. The van der Waals surface area contributed by atoms with Crippen molar-refractivity contribution in [2.24, 2.45) is 0 Å². The number of H-pyrrole nitrogens is 1. The third kappa shape index (κ3) is 2.90. The Morgan fingerprint density at radius 1 is 1.56 bits per heavy atom. The van der Waals surface area contributed by atoms with E-state index in [4.69, 9.17) is 4.74 Å². The number of hydrogen-bond acceptors (Lipinski definition) is 4. The number of nitrogens with zero attached hydrogens (tertiary/aromatic N) is 2. The van der Waals surface area contributed by atoms with Gasteiger partial charge in [0.05, 0.1) is 12.3 Å². The van der Waals surface area contributed by atoms with Gasteiger partial charge in [0.1, 0.15) is 5.82 Å². The van der Waals surface area contributed by atoms with E-state index in [1.165, 1.54) is 10.5 Å². The average Bonchev–Trinajstić information content (AvgIpc) is 2.78. The van der Waals surface area contributed by atoms with Gasteiger partial charge in [-0.25, -0.2) is 13.4 Å². The quantitative estimate of drug-likeness (QED) is 0.884. The Bertz CT molecular complexity index is 491. The van der Waals surface area contributed by atoms with Gasteiger partial charge in [0.2, 0.25) is 0 Å². The normalized spacial score (nSPS) is 21.4. The number of sulfonamides is 1. The van der Waals surface area contributed by atoms with Crippen LogP contribution in [0.15, 0.2) is 11.2 Å². The van der Waals surface area contributed by atoms with Crippen molar-refractivity contribution in [3.05, 3.63) is 12.0 Å². The minimum atomic E-state index is -3.48. The van der Waals surface area contributed by atoms with Gasteiger partial charge in [0.25, 0.3) is 10.0 Å². The first-order valence-electron chi connectivity index (χ1n) is 6.09. The highest BCUT2D eigenvalue weighted by Gasteiger charge is 2.26. The molecule has 0 aromatic carbocycles. The summed E-state index contributed by atoms with van der Waals surface area (Å²) in [5.74, 6) is 0.593. The highest BCUT2D eigenvalue weighted by atomic mass is 32.2. The van der Waals surface area contributed by atoms with E-state index in [0.717, 1.165) is 25.9 Å². The van der Waals surface area contributed by atoms with Crippen molar-refractivity contribution < 1.29 is 13.2 Å². The summed E-state index contributed by atoms with van der Waals surface area (Å²) in [5.41, 5.74) is 0. The number of hydrogen-bond donors (Lipinski definition) is 1. The third-order valence-electron chi connectivity index (χ3n) is 3.10. The number of ether oxygens (including phenoxy) is 1. The first kappa shape index (κ1) is 13.5. The molecule has 0 saturated carbocycles. The molecule has 0 spiro atoms. The van der Waals surface area contributed by atoms with Gasteiger partial charge < -0.3 is 9.72 Å². The lowest BCUT2D eigenvalue weighted by atomic mass is 10.1. The lowest BCUT2D eigenvalue weighted by Crippen LogP contribution is -2.37. The third-order valence-corrected chi connectivity index (χ3v) is 4.84. The second kappa shape index (κ2) is 5.38. The van der Waals surface area contributed by atoms with Crippen molar-refractivity contribution in [1.82, 2.24) is 14.3 Å². The molecule has 2 rings (SSSR count). The van der Waals surface area contributed by atoms with E-state index in [1.54, 1.807) is 14.0 Å². The molecule has 1 unspecified atom stereocenters. The summed E-state index contributed by atoms with van der Waals surface area (Å²) in [6.45, 7) is 2.84. The maximum atomic E-state index is 12.2. The maximum Gasteiger partial charge on any atom is 0.259 e. The van der Waals surface area contributed by atoms with Crippen LogP contribution in [0.25, 0.3) is 0 Å². The smallest absolute Gasteiger partial charge is 0.259 e. The van der Waals surface area contributed by atoms with Crippen LogP contribution < -0.4 is 0 Å². The van der Waals surface area contributed by atoms with Gasteiger partial charge in [-0.3, -0.25) is 0 Å². The average molecular weight is 273 g/mol. The molecule has 1 aromatic rings. The van der Waals surface area contributed by atoms with Gasteiger partial charge in [0, 0.05) is 20.2 Å². The van der Waals surface area contributed by atoms with Gasteiger partial charge >= 0.3 is 0 Å². The van der Waals surface area contributed by atoms with E-state index >= 15 is 0 Å². The van der Waals surface area contributed by atoms with E-state index < -0.39 is 10.0 Å². The van der Waals surface area contributed by atoms with Gasteiger partial charge in [-0.05, 0) is 26.2 Å². The van der Waals surface area contributed by atoms with Crippen LogP contribution in [-0.4, -0.2) is 49.0 Å². The molecule has 0 aliphatic carbocycles. The molecule has 1 aliphatic rings. The number of aromatic nitrogens is 2. The molecule has 6 nitrogen and oxygen atoms in total. The van der Waals surface area contributed by atoms with Crippen LogP contribution in [-0.2, 0) is 14.8 Å². The number of nitrogens with one attached hydrogen (secondary N) is 1. The molecule has 0 radical (unpaired) electrons. The van der Waals surface area contributed by atoms with E-state index in [-0.39, 0.29) is 11.1 Å². The summed E-state index contributed by atoms with van der Waals surface area (Å²) >= 11 is 0. The van der Waals surface area contributed by atoms with Crippen LogP contribution in [0, 0.1) is 6.92 Å². The topological polar surface area (TPSA) is 75.3 Å². The fourth-order valence-electron chi connectivity index (χ4n) is 2.03. The number of aryl methyl sites for hydroxylation is 1. The fourth-order valence-corrected chi connectivity index (χ4v) is 3.19. The van der Waals surface area contributed by atoms with E-state index in [2.05, 4.69) is 9.97 Å². The van der Waals surface area contributed by atoms with Crippen molar-refractivity contribution in [2.75, 3.05) is 20.2 Å². The predicted octanol–water partition coefficient (Wildman–Crippen LogP) is 0.908. The zero-order valence-electron chi connectivity index (χ0n) is 10.7. The summed E-state index contributed by atoms with van der Waals surface area (Å²) in [7, 11) is -1.91. The van der Waals surface area contributed by atoms with Crippen molar-refractivity contribution in [3.8, 4) is 0 Å². The Morgan fingerprint density at radius 3 is 2.89 bits per heavy atom. The summed E-state index contributed by atoms with van der Waals surface area (Å²) < 4.78 is 31.3. The van der Waals surface area contributed by atoms with Crippen molar-refractivity contribution in [2.45, 2.75) is 37.3 Å². The second-order valence-corrected chi connectivity index (χ2v) is 6.62. The Morgan fingerprint density at radius 2 is 2.33 bits per heavy atom. The maximum absolute atomic E-state index is 12.2. The minimum absolute atomic E-state index is 0.00235. The van der Waals surface area contributed by atoms with Crippen LogP contribution in [0.2, 0.25) is 0 Å². The minimum Gasteiger partial charge on any atom is -0.377 e. The van der Waals surface area contributed by atoms with Crippen LogP contribution in [0.3, 0.4) is 0 Å². The molecule has 7 heteroatoms. The van der Waals surface area contributed by atoms with Crippen molar-refractivity contribution in [3.63, 3.8) is 0 Å². The largest absolute Gasteiger partial charge is 0.377 e. The number of likely N-dealkylation sites (N-methyl/N-ethyl adjacent to an activating group) is 1. The molecule has 102 valence electrons. The molecular weight excluding hydrogens is 254 g/mol. The molecule has 0 amide bonds. The van der Waals surface area contributed by atoms with Crippen LogP contribution >= 0.6 is 0 Å². The summed E-state index contributed by atoms with van der Waals surface area (Å²) in [5, 5.41) is 0.137. The summed E-state index contributed by atoms with van der Waals surface area (Å²) in [6, 6.07) is 0. The molecule has 1 aromatic heterocycles. The molecule has 2 heterocycles. The molecule has 1 aliphatic heterocycles. The lowest BCUT2D eigenvalue weighted by Gasteiger charge is -2.26. The molecular formula is C11H19N3O3S. The van der Waals surface area contributed by atoms with Gasteiger partial charge in [0.15, 0.2) is 5.03 Å².